The Hall–Kier alpha value is -2.78. The number of rotatable bonds is 8. The Bertz CT molecular complexity index is 1050. The van der Waals surface area contributed by atoms with E-state index in [9.17, 15) is 25.5 Å². The van der Waals surface area contributed by atoms with E-state index in [2.05, 4.69) is 0 Å². The minimum atomic E-state index is -1.55. The Morgan fingerprint density at radius 1 is 0.767 bits per heavy atom. The lowest BCUT2D eigenvalue weighted by Crippen LogP contribution is -2.42. The Labute approximate surface area is 173 Å². The van der Waals surface area contributed by atoms with Crippen LogP contribution in [0.1, 0.15) is 20.8 Å². The van der Waals surface area contributed by atoms with Crippen molar-refractivity contribution in [2.75, 3.05) is 13.2 Å². The van der Waals surface area contributed by atoms with E-state index >= 15 is 0 Å². The minimum absolute atomic E-state index is 0.0236. The summed E-state index contributed by atoms with van der Waals surface area (Å²) in [7, 11) is 0. The molecule has 0 aromatic heterocycles. The standard InChI is InChI=1S/C22H26O8/c1-4-28-20(26)21(27)30-22(2,3)11-29-19-10-15-6-13-8-17(24)16(23)7-12(13)5-14(15)9-18(19)25/h5-10,20-21,23-27H,4,11H2,1-3H3. The third-order valence-corrected chi connectivity index (χ3v) is 4.56. The number of aliphatic hydroxyl groups excluding tert-OH is 2. The van der Waals surface area contributed by atoms with Gasteiger partial charge in [0.2, 0.25) is 12.6 Å². The van der Waals surface area contributed by atoms with Gasteiger partial charge in [-0.25, -0.2) is 0 Å². The number of hydrogen-bond donors (Lipinski definition) is 5. The van der Waals surface area contributed by atoms with Crippen LogP contribution < -0.4 is 4.74 Å². The maximum absolute atomic E-state index is 10.4. The molecule has 0 aliphatic heterocycles. The second-order valence-electron chi connectivity index (χ2n) is 7.61. The van der Waals surface area contributed by atoms with Gasteiger partial charge in [0, 0.05) is 6.61 Å². The second kappa shape index (κ2) is 8.53. The van der Waals surface area contributed by atoms with Gasteiger partial charge in [0.1, 0.15) is 6.61 Å². The number of phenolic OH excluding ortho intramolecular Hbond substituents is 3. The van der Waals surface area contributed by atoms with Gasteiger partial charge in [-0.05, 0) is 78.7 Å². The highest BCUT2D eigenvalue weighted by Gasteiger charge is 2.28. The predicted molar refractivity (Wildman–Crippen MR) is 111 cm³/mol. The molecular weight excluding hydrogens is 392 g/mol. The SMILES string of the molecule is CCOC(O)C(O)OC(C)(C)COc1cc2cc3cc(O)c(O)cc3cc2cc1O. The molecule has 8 nitrogen and oxygen atoms in total. The first-order chi connectivity index (χ1) is 14.1. The van der Waals surface area contributed by atoms with E-state index in [1.165, 1.54) is 18.2 Å². The molecule has 162 valence electrons. The number of benzene rings is 3. The topological polar surface area (TPSA) is 129 Å². The Morgan fingerprint density at radius 2 is 1.27 bits per heavy atom. The van der Waals surface area contributed by atoms with Gasteiger partial charge in [-0.1, -0.05) is 0 Å². The van der Waals surface area contributed by atoms with Crippen LogP contribution in [0.2, 0.25) is 0 Å². The molecule has 0 bridgehead atoms. The smallest absolute Gasteiger partial charge is 0.207 e. The molecule has 3 aromatic carbocycles. The van der Waals surface area contributed by atoms with Crippen molar-refractivity contribution in [3.05, 3.63) is 36.4 Å². The van der Waals surface area contributed by atoms with Gasteiger partial charge in [-0.2, -0.15) is 0 Å². The zero-order valence-corrected chi connectivity index (χ0v) is 17.0. The molecular formula is C22H26O8. The van der Waals surface area contributed by atoms with Gasteiger partial charge < -0.3 is 39.7 Å². The van der Waals surface area contributed by atoms with Crippen LogP contribution in [-0.4, -0.2) is 56.9 Å². The molecule has 3 aromatic rings. The van der Waals surface area contributed by atoms with E-state index in [0.29, 0.717) is 10.8 Å². The van der Waals surface area contributed by atoms with Crippen molar-refractivity contribution in [2.24, 2.45) is 0 Å². The number of aliphatic hydroxyl groups is 2. The summed E-state index contributed by atoms with van der Waals surface area (Å²) in [6.45, 7) is 5.20. The van der Waals surface area contributed by atoms with Crippen molar-refractivity contribution < 1.29 is 39.7 Å². The first-order valence-corrected chi connectivity index (χ1v) is 9.50. The fraction of sp³-hybridized carbons (Fsp3) is 0.364. The highest BCUT2D eigenvalue weighted by Crippen LogP contribution is 2.37. The lowest BCUT2D eigenvalue weighted by atomic mass is 10.0. The number of phenols is 3. The molecule has 8 heteroatoms. The van der Waals surface area contributed by atoms with E-state index in [1.54, 1.807) is 39.0 Å². The van der Waals surface area contributed by atoms with Crippen LogP contribution in [0.4, 0.5) is 0 Å². The third kappa shape index (κ3) is 4.85. The Kier molecular flexibility index (Phi) is 6.23. The summed E-state index contributed by atoms with van der Waals surface area (Å²) in [5.41, 5.74) is -0.994. The van der Waals surface area contributed by atoms with E-state index in [0.717, 1.165) is 10.8 Å². The molecule has 2 unspecified atom stereocenters. The summed E-state index contributed by atoms with van der Waals surface area (Å²) in [4.78, 5) is 0. The molecule has 0 aliphatic carbocycles. The summed E-state index contributed by atoms with van der Waals surface area (Å²) in [6.07, 6.45) is -3.03. The van der Waals surface area contributed by atoms with Gasteiger partial charge in [-0.3, -0.25) is 0 Å². The van der Waals surface area contributed by atoms with Crippen LogP contribution >= 0.6 is 0 Å². The van der Waals surface area contributed by atoms with Crippen LogP contribution in [0.5, 0.6) is 23.0 Å². The van der Waals surface area contributed by atoms with E-state index < -0.39 is 18.2 Å². The predicted octanol–water partition coefficient (Wildman–Crippen LogP) is 2.96. The monoisotopic (exact) mass is 418 g/mol. The zero-order chi connectivity index (χ0) is 22.1. The highest BCUT2D eigenvalue weighted by atomic mass is 16.7. The fourth-order valence-corrected chi connectivity index (χ4v) is 3.08. The van der Waals surface area contributed by atoms with E-state index in [4.69, 9.17) is 14.2 Å². The first kappa shape index (κ1) is 21.9. The highest BCUT2D eigenvalue weighted by molar-refractivity contribution is 6.00. The molecule has 0 aliphatic rings. The molecule has 0 radical (unpaired) electrons. The largest absolute Gasteiger partial charge is 0.504 e. The maximum Gasteiger partial charge on any atom is 0.207 e. The summed E-state index contributed by atoms with van der Waals surface area (Å²) in [6, 6.07) is 9.68. The van der Waals surface area contributed by atoms with E-state index in [-0.39, 0.29) is 36.2 Å². The minimum Gasteiger partial charge on any atom is -0.504 e. The van der Waals surface area contributed by atoms with Crippen LogP contribution in [0.15, 0.2) is 36.4 Å². The quantitative estimate of drug-likeness (QED) is 0.215. The fourth-order valence-electron chi connectivity index (χ4n) is 3.08. The van der Waals surface area contributed by atoms with Crippen molar-refractivity contribution in [3.8, 4) is 23.0 Å². The number of ether oxygens (including phenoxy) is 3. The van der Waals surface area contributed by atoms with Crippen molar-refractivity contribution in [1.82, 2.24) is 0 Å². The molecule has 5 N–H and O–H groups in total. The molecule has 30 heavy (non-hydrogen) atoms. The molecule has 0 saturated heterocycles. The zero-order valence-electron chi connectivity index (χ0n) is 17.0. The molecule has 0 saturated carbocycles. The lowest BCUT2D eigenvalue weighted by Gasteiger charge is -2.30. The average molecular weight is 418 g/mol. The van der Waals surface area contributed by atoms with Crippen LogP contribution in [-0.2, 0) is 9.47 Å². The molecule has 0 spiro atoms. The molecule has 0 heterocycles. The molecule has 3 rings (SSSR count). The number of aromatic hydroxyl groups is 3. The number of fused-ring (bicyclic) bond motifs is 2. The second-order valence-corrected chi connectivity index (χ2v) is 7.61. The van der Waals surface area contributed by atoms with Crippen LogP contribution in [0, 0.1) is 0 Å². The lowest BCUT2D eigenvalue weighted by molar-refractivity contribution is -0.283. The van der Waals surface area contributed by atoms with E-state index in [1.807, 2.05) is 0 Å². The molecule has 2 atom stereocenters. The average Bonchev–Trinajstić information content (AvgIpc) is 2.66. The molecule has 0 fully saturated rings. The first-order valence-electron chi connectivity index (χ1n) is 9.50. The van der Waals surface area contributed by atoms with Crippen LogP contribution in [0.25, 0.3) is 21.5 Å². The van der Waals surface area contributed by atoms with Gasteiger partial charge >= 0.3 is 0 Å². The summed E-state index contributed by atoms with van der Waals surface area (Å²) >= 11 is 0. The van der Waals surface area contributed by atoms with Crippen molar-refractivity contribution >= 4 is 21.5 Å². The van der Waals surface area contributed by atoms with Crippen molar-refractivity contribution in [3.63, 3.8) is 0 Å². The normalized spacial score (nSPS) is 14.2. The summed E-state index contributed by atoms with van der Waals surface area (Å²) in [5.74, 6) is -0.314. The van der Waals surface area contributed by atoms with Gasteiger partial charge in [0.05, 0.1) is 5.60 Å². The molecule has 0 amide bonds. The summed E-state index contributed by atoms with van der Waals surface area (Å²) < 4.78 is 16.0. The van der Waals surface area contributed by atoms with Gasteiger partial charge in [0.15, 0.2) is 23.0 Å². The van der Waals surface area contributed by atoms with Crippen molar-refractivity contribution in [2.45, 2.75) is 39.0 Å². The third-order valence-electron chi connectivity index (χ3n) is 4.56. The summed E-state index contributed by atoms with van der Waals surface area (Å²) in [5, 5.41) is 52.2. The Balaban J connectivity index is 1.81. The Morgan fingerprint density at radius 3 is 1.80 bits per heavy atom. The van der Waals surface area contributed by atoms with Crippen LogP contribution in [0.3, 0.4) is 0 Å². The number of hydrogen-bond acceptors (Lipinski definition) is 8. The van der Waals surface area contributed by atoms with Crippen molar-refractivity contribution in [1.29, 1.82) is 0 Å². The van der Waals surface area contributed by atoms with Gasteiger partial charge in [-0.15, -0.1) is 0 Å². The maximum atomic E-state index is 10.4. The van der Waals surface area contributed by atoms with Gasteiger partial charge in [0.25, 0.3) is 0 Å².